The molecule has 1 rings (SSSR count). The fourth-order valence-corrected chi connectivity index (χ4v) is 1.67. The molecule has 1 atom stereocenters. The zero-order valence-corrected chi connectivity index (χ0v) is 14.5. The van der Waals surface area contributed by atoms with Crippen LogP contribution in [-0.4, -0.2) is 33.4 Å². The number of aliphatic hydroxyl groups is 1. The molecule has 0 radical (unpaired) electrons. The molecule has 1 N–H and O–H groups in total. The summed E-state index contributed by atoms with van der Waals surface area (Å²) in [6.07, 6.45) is -3.44. The summed E-state index contributed by atoms with van der Waals surface area (Å²) >= 11 is 0. The standard InChI is InChI=1S/C17H25NO5/c1-16(2,3)22-14(20)18(15(21)23-17(4,5)6)13(19)12-10-8-7-9-11-12/h7-11,13,19H,1-6H3. The van der Waals surface area contributed by atoms with E-state index in [1.807, 2.05) is 0 Å². The normalized spacial score (nSPS) is 13.2. The average molecular weight is 323 g/mol. The molecule has 23 heavy (non-hydrogen) atoms. The molecule has 1 unspecified atom stereocenters. The van der Waals surface area contributed by atoms with Gasteiger partial charge in [0.2, 0.25) is 0 Å². The van der Waals surface area contributed by atoms with Gasteiger partial charge in [-0.3, -0.25) is 0 Å². The summed E-state index contributed by atoms with van der Waals surface area (Å²) < 4.78 is 10.4. The van der Waals surface area contributed by atoms with E-state index in [9.17, 15) is 14.7 Å². The van der Waals surface area contributed by atoms with Gasteiger partial charge in [0.1, 0.15) is 11.2 Å². The van der Waals surface area contributed by atoms with Gasteiger partial charge in [-0.15, -0.1) is 0 Å². The summed E-state index contributed by atoms with van der Waals surface area (Å²) in [7, 11) is 0. The summed E-state index contributed by atoms with van der Waals surface area (Å²) in [4.78, 5) is 25.3. The molecule has 0 saturated carbocycles. The van der Waals surface area contributed by atoms with Gasteiger partial charge in [-0.2, -0.15) is 4.90 Å². The van der Waals surface area contributed by atoms with E-state index in [1.54, 1.807) is 71.9 Å². The second-order valence-corrected chi connectivity index (χ2v) is 7.12. The molecule has 6 heteroatoms. The predicted molar refractivity (Wildman–Crippen MR) is 85.7 cm³/mol. The summed E-state index contributed by atoms with van der Waals surface area (Å²) in [5.74, 6) is 0. The lowest BCUT2D eigenvalue weighted by Crippen LogP contribution is -2.45. The Hall–Kier alpha value is -2.08. The smallest absolute Gasteiger partial charge is 0.422 e. The Morgan fingerprint density at radius 1 is 0.913 bits per heavy atom. The first kappa shape index (κ1) is 19.0. The number of imide groups is 1. The Labute approximate surface area is 137 Å². The number of hydrogen-bond donors (Lipinski definition) is 1. The number of amides is 2. The van der Waals surface area contributed by atoms with Crippen LogP contribution in [0, 0.1) is 0 Å². The number of carbonyl (C=O) groups excluding carboxylic acids is 2. The van der Waals surface area contributed by atoms with Crippen molar-refractivity contribution >= 4 is 12.2 Å². The number of hydrogen-bond acceptors (Lipinski definition) is 5. The van der Waals surface area contributed by atoms with Crippen LogP contribution in [0.4, 0.5) is 9.59 Å². The van der Waals surface area contributed by atoms with Crippen molar-refractivity contribution in [2.45, 2.75) is 59.0 Å². The number of ether oxygens (including phenoxy) is 2. The van der Waals surface area contributed by atoms with Crippen molar-refractivity contribution in [3.05, 3.63) is 35.9 Å². The fraction of sp³-hybridized carbons (Fsp3) is 0.529. The molecule has 1 aromatic rings. The molecule has 0 aliphatic rings. The Morgan fingerprint density at radius 2 is 1.30 bits per heavy atom. The molecule has 0 aliphatic carbocycles. The van der Waals surface area contributed by atoms with Gasteiger partial charge in [-0.25, -0.2) is 9.59 Å². The van der Waals surface area contributed by atoms with Crippen molar-refractivity contribution in [3.63, 3.8) is 0 Å². The minimum Gasteiger partial charge on any atom is -0.443 e. The molecule has 0 aliphatic heterocycles. The number of rotatable bonds is 2. The molecule has 0 saturated heterocycles. The molecule has 0 aromatic heterocycles. The van der Waals surface area contributed by atoms with Crippen LogP contribution in [0.2, 0.25) is 0 Å². The summed E-state index contributed by atoms with van der Waals surface area (Å²) in [6.45, 7) is 10.0. The zero-order chi connectivity index (χ0) is 17.8. The van der Waals surface area contributed by atoms with E-state index in [0.29, 0.717) is 10.5 Å². The van der Waals surface area contributed by atoms with Crippen LogP contribution in [0.5, 0.6) is 0 Å². The topological polar surface area (TPSA) is 76.1 Å². The van der Waals surface area contributed by atoms with Crippen molar-refractivity contribution in [2.75, 3.05) is 0 Å². The van der Waals surface area contributed by atoms with E-state index in [0.717, 1.165) is 0 Å². The van der Waals surface area contributed by atoms with Crippen molar-refractivity contribution < 1.29 is 24.2 Å². The quantitative estimate of drug-likeness (QED) is 0.837. The van der Waals surface area contributed by atoms with Crippen molar-refractivity contribution in [1.29, 1.82) is 0 Å². The maximum atomic E-state index is 12.3. The van der Waals surface area contributed by atoms with E-state index in [2.05, 4.69) is 0 Å². The number of nitrogens with zero attached hydrogens (tertiary/aromatic N) is 1. The SMILES string of the molecule is CC(C)(C)OC(=O)N(C(=O)OC(C)(C)C)C(O)c1ccccc1. The highest BCUT2D eigenvalue weighted by Crippen LogP contribution is 2.23. The number of benzene rings is 1. The van der Waals surface area contributed by atoms with Crippen LogP contribution in [0.1, 0.15) is 53.3 Å². The van der Waals surface area contributed by atoms with Crippen molar-refractivity contribution in [3.8, 4) is 0 Å². The molecule has 128 valence electrons. The van der Waals surface area contributed by atoms with Gasteiger partial charge in [0, 0.05) is 5.56 Å². The van der Waals surface area contributed by atoms with Gasteiger partial charge < -0.3 is 14.6 Å². The highest BCUT2D eigenvalue weighted by molar-refractivity contribution is 5.88. The molecule has 0 heterocycles. The van der Waals surface area contributed by atoms with Gasteiger partial charge in [-0.05, 0) is 41.5 Å². The van der Waals surface area contributed by atoms with E-state index in [-0.39, 0.29) is 0 Å². The molecule has 0 bridgehead atoms. The van der Waals surface area contributed by atoms with Crippen LogP contribution in [0.15, 0.2) is 30.3 Å². The number of carbonyl (C=O) groups is 2. The molecule has 1 aromatic carbocycles. The van der Waals surface area contributed by atoms with E-state index in [1.165, 1.54) is 0 Å². The third-order valence-electron chi connectivity index (χ3n) is 2.52. The maximum absolute atomic E-state index is 12.3. The zero-order valence-electron chi connectivity index (χ0n) is 14.5. The first-order valence-electron chi connectivity index (χ1n) is 7.39. The first-order chi connectivity index (χ1) is 10.4. The molecule has 0 fully saturated rings. The van der Waals surface area contributed by atoms with E-state index < -0.39 is 29.6 Å². The fourth-order valence-electron chi connectivity index (χ4n) is 1.67. The second-order valence-electron chi connectivity index (χ2n) is 7.12. The lowest BCUT2D eigenvalue weighted by atomic mass is 10.2. The van der Waals surface area contributed by atoms with Crippen molar-refractivity contribution in [2.24, 2.45) is 0 Å². The molecule has 2 amide bonds. The van der Waals surface area contributed by atoms with Crippen LogP contribution in [0.25, 0.3) is 0 Å². The van der Waals surface area contributed by atoms with Crippen LogP contribution in [-0.2, 0) is 9.47 Å². The van der Waals surface area contributed by atoms with Crippen LogP contribution >= 0.6 is 0 Å². The Kier molecular flexibility index (Phi) is 5.77. The number of aliphatic hydroxyl groups excluding tert-OH is 1. The van der Waals surface area contributed by atoms with Crippen LogP contribution in [0.3, 0.4) is 0 Å². The highest BCUT2D eigenvalue weighted by atomic mass is 16.6. The predicted octanol–water partition coefficient (Wildman–Crippen LogP) is 3.85. The maximum Gasteiger partial charge on any atom is 0.422 e. The van der Waals surface area contributed by atoms with Gasteiger partial charge in [-0.1, -0.05) is 30.3 Å². The highest BCUT2D eigenvalue weighted by Gasteiger charge is 2.36. The lowest BCUT2D eigenvalue weighted by molar-refractivity contribution is -0.0449. The van der Waals surface area contributed by atoms with Gasteiger partial charge in [0.15, 0.2) is 6.23 Å². The monoisotopic (exact) mass is 323 g/mol. The minimum absolute atomic E-state index is 0.379. The Morgan fingerprint density at radius 3 is 1.65 bits per heavy atom. The lowest BCUT2D eigenvalue weighted by Gasteiger charge is -2.31. The van der Waals surface area contributed by atoms with E-state index in [4.69, 9.17) is 9.47 Å². The summed E-state index contributed by atoms with van der Waals surface area (Å²) in [5, 5.41) is 10.4. The molecule has 0 spiro atoms. The van der Waals surface area contributed by atoms with Gasteiger partial charge in [0.05, 0.1) is 0 Å². The summed E-state index contributed by atoms with van der Waals surface area (Å²) in [5.41, 5.74) is -1.24. The average Bonchev–Trinajstić information content (AvgIpc) is 2.35. The van der Waals surface area contributed by atoms with E-state index >= 15 is 0 Å². The Bertz CT molecular complexity index is 514. The minimum atomic E-state index is -1.50. The Balaban J connectivity index is 3.10. The third kappa shape index (κ3) is 6.28. The molecular weight excluding hydrogens is 298 g/mol. The van der Waals surface area contributed by atoms with Gasteiger partial charge >= 0.3 is 12.2 Å². The van der Waals surface area contributed by atoms with Crippen LogP contribution < -0.4 is 0 Å². The summed E-state index contributed by atoms with van der Waals surface area (Å²) in [6, 6.07) is 8.36. The first-order valence-corrected chi connectivity index (χ1v) is 7.39. The third-order valence-corrected chi connectivity index (χ3v) is 2.52. The molecule has 6 nitrogen and oxygen atoms in total. The van der Waals surface area contributed by atoms with Crippen molar-refractivity contribution in [1.82, 2.24) is 4.90 Å². The molecular formula is C17H25NO5. The van der Waals surface area contributed by atoms with Gasteiger partial charge in [0.25, 0.3) is 0 Å². The second kappa shape index (κ2) is 7.00. The largest absolute Gasteiger partial charge is 0.443 e.